The molecule has 84 valence electrons. The van der Waals surface area contributed by atoms with Gasteiger partial charge in [0.1, 0.15) is 11.5 Å². The van der Waals surface area contributed by atoms with E-state index in [0.29, 0.717) is 17.5 Å². The molecule has 0 aliphatic rings. The third-order valence-electron chi connectivity index (χ3n) is 2.36. The fraction of sp³-hybridized carbons (Fsp3) is 0.143. The SMILES string of the molecule is C=CCc1ccc(C(=C)O)cc1C(O)=CC. The molecule has 1 rings (SSSR count). The van der Waals surface area contributed by atoms with Gasteiger partial charge in [0.05, 0.1) is 0 Å². The predicted octanol–water partition coefficient (Wildman–Crippen LogP) is 3.86. The molecule has 2 nitrogen and oxygen atoms in total. The van der Waals surface area contributed by atoms with Crippen molar-refractivity contribution in [2.24, 2.45) is 0 Å². The number of hydrogen-bond donors (Lipinski definition) is 2. The second-order valence-electron chi connectivity index (χ2n) is 3.49. The first kappa shape index (κ1) is 12.1. The van der Waals surface area contributed by atoms with E-state index in [2.05, 4.69) is 13.2 Å². The summed E-state index contributed by atoms with van der Waals surface area (Å²) in [4.78, 5) is 0. The summed E-state index contributed by atoms with van der Waals surface area (Å²) in [6.07, 6.45) is 4.06. The van der Waals surface area contributed by atoms with E-state index in [1.807, 2.05) is 6.07 Å². The molecule has 2 heteroatoms. The monoisotopic (exact) mass is 216 g/mol. The van der Waals surface area contributed by atoms with Crippen molar-refractivity contribution < 1.29 is 10.2 Å². The van der Waals surface area contributed by atoms with E-state index in [4.69, 9.17) is 0 Å². The second-order valence-corrected chi connectivity index (χ2v) is 3.49. The molecule has 0 bridgehead atoms. The van der Waals surface area contributed by atoms with Crippen molar-refractivity contribution >= 4 is 11.5 Å². The molecular formula is C14H16O2. The highest BCUT2D eigenvalue weighted by Gasteiger charge is 2.07. The van der Waals surface area contributed by atoms with Crippen LogP contribution in [0.5, 0.6) is 0 Å². The van der Waals surface area contributed by atoms with E-state index in [1.54, 1.807) is 31.2 Å². The van der Waals surface area contributed by atoms with Crippen LogP contribution in [-0.2, 0) is 6.42 Å². The highest BCUT2D eigenvalue weighted by atomic mass is 16.3. The Morgan fingerprint density at radius 1 is 1.38 bits per heavy atom. The zero-order chi connectivity index (χ0) is 12.1. The molecule has 0 aliphatic heterocycles. The standard InChI is InChI=1S/C14H16O2/c1-4-6-11-7-8-12(10(3)15)9-13(11)14(16)5-2/h4-5,7-9,15-16H,1,3,6H2,2H3. The average Bonchev–Trinajstić information content (AvgIpc) is 2.28. The summed E-state index contributed by atoms with van der Waals surface area (Å²) in [6.45, 7) is 8.89. The highest BCUT2D eigenvalue weighted by molar-refractivity contribution is 5.67. The van der Waals surface area contributed by atoms with Crippen molar-refractivity contribution in [3.05, 3.63) is 60.2 Å². The second kappa shape index (κ2) is 5.21. The predicted molar refractivity (Wildman–Crippen MR) is 68.3 cm³/mol. The summed E-state index contributed by atoms with van der Waals surface area (Å²) in [5.74, 6) is 0.190. The summed E-state index contributed by atoms with van der Waals surface area (Å²) >= 11 is 0. The first-order valence-corrected chi connectivity index (χ1v) is 5.07. The lowest BCUT2D eigenvalue weighted by Gasteiger charge is -2.09. The van der Waals surface area contributed by atoms with E-state index in [-0.39, 0.29) is 11.5 Å². The normalized spacial score (nSPS) is 11.2. The van der Waals surface area contributed by atoms with Crippen LogP contribution < -0.4 is 0 Å². The Bertz CT molecular complexity index is 442. The van der Waals surface area contributed by atoms with Gasteiger partial charge >= 0.3 is 0 Å². The van der Waals surface area contributed by atoms with Crippen LogP contribution >= 0.6 is 0 Å². The van der Waals surface area contributed by atoms with Gasteiger partial charge in [-0.2, -0.15) is 0 Å². The van der Waals surface area contributed by atoms with Crippen LogP contribution in [-0.4, -0.2) is 10.2 Å². The van der Waals surface area contributed by atoms with Crippen molar-refractivity contribution in [3.63, 3.8) is 0 Å². The van der Waals surface area contributed by atoms with Crippen LogP contribution in [0, 0.1) is 0 Å². The molecule has 0 aliphatic carbocycles. The first-order valence-electron chi connectivity index (χ1n) is 5.07. The van der Waals surface area contributed by atoms with Gasteiger partial charge in [0.25, 0.3) is 0 Å². The van der Waals surface area contributed by atoms with Crippen LogP contribution in [0.1, 0.15) is 23.6 Å². The quantitative estimate of drug-likeness (QED) is 0.592. The number of allylic oxidation sites excluding steroid dienone is 2. The molecule has 0 unspecified atom stereocenters. The van der Waals surface area contributed by atoms with Gasteiger partial charge in [-0.15, -0.1) is 6.58 Å². The molecule has 1 aromatic carbocycles. The number of benzene rings is 1. The zero-order valence-electron chi connectivity index (χ0n) is 9.40. The Morgan fingerprint density at radius 3 is 2.56 bits per heavy atom. The van der Waals surface area contributed by atoms with Gasteiger partial charge in [-0.3, -0.25) is 0 Å². The number of hydrogen-bond acceptors (Lipinski definition) is 2. The molecule has 0 heterocycles. The third kappa shape index (κ3) is 2.54. The number of aliphatic hydroxyl groups excluding tert-OH is 2. The molecule has 1 aromatic rings. The molecule has 2 N–H and O–H groups in total. The summed E-state index contributed by atoms with van der Waals surface area (Å²) < 4.78 is 0. The van der Waals surface area contributed by atoms with Crippen molar-refractivity contribution in [1.29, 1.82) is 0 Å². The summed E-state index contributed by atoms with van der Waals surface area (Å²) in [7, 11) is 0. The minimum Gasteiger partial charge on any atom is -0.508 e. The fourth-order valence-corrected chi connectivity index (χ4v) is 1.48. The van der Waals surface area contributed by atoms with E-state index in [0.717, 1.165) is 5.56 Å². The van der Waals surface area contributed by atoms with Gasteiger partial charge in [0.15, 0.2) is 0 Å². The molecule has 0 radical (unpaired) electrons. The lowest BCUT2D eigenvalue weighted by Crippen LogP contribution is -1.94. The van der Waals surface area contributed by atoms with Gasteiger partial charge in [-0.25, -0.2) is 0 Å². The fourth-order valence-electron chi connectivity index (χ4n) is 1.48. The van der Waals surface area contributed by atoms with Gasteiger partial charge in [0, 0.05) is 11.1 Å². The smallest absolute Gasteiger partial charge is 0.118 e. The summed E-state index contributed by atoms with van der Waals surface area (Å²) in [5.41, 5.74) is 2.28. The van der Waals surface area contributed by atoms with Crippen LogP contribution in [0.4, 0.5) is 0 Å². The van der Waals surface area contributed by atoms with Gasteiger partial charge in [-0.05, 0) is 31.1 Å². The lowest BCUT2D eigenvalue weighted by atomic mass is 9.99. The topological polar surface area (TPSA) is 40.5 Å². The van der Waals surface area contributed by atoms with Crippen LogP contribution in [0.25, 0.3) is 11.5 Å². The van der Waals surface area contributed by atoms with Crippen LogP contribution in [0.2, 0.25) is 0 Å². The zero-order valence-corrected chi connectivity index (χ0v) is 9.40. The minimum atomic E-state index is -0.00435. The molecule has 0 saturated carbocycles. The molecule has 0 aromatic heterocycles. The third-order valence-corrected chi connectivity index (χ3v) is 2.36. The molecule has 0 atom stereocenters. The Hall–Kier alpha value is -1.96. The molecule has 0 amide bonds. The van der Waals surface area contributed by atoms with E-state index in [9.17, 15) is 10.2 Å². The Kier molecular flexibility index (Phi) is 3.95. The molecule has 0 saturated heterocycles. The summed E-state index contributed by atoms with van der Waals surface area (Å²) in [5, 5.41) is 19.1. The Labute approximate surface area is 95.9 Å². The largest absolute Gasteiger partial charge is 0.508 e. The average molecular weight is 216 g/mol. The number of aliphatic hydroxyl groups is 2. The number of rotatable bonds is 4. The maximum absolute atomic E-state index is 9.76. The maximum Gasteiger partial charge on any atom is 0.118 e. The molecule has 0 fully saturated rings. The Morgan fingerprint density at radius 2 is 2.06 bits per heavy atom. The van der Waals surface area contributed by atoms with Gasteiger partial charge < -0.3 is 10.2 Å². The van der Waals surface area contributed by atoms with E-state index in [1.165, 1.54) is 0 Å². The van der Waals surface area contributed by atoms with E-state index >= 15 is 0 Å². The van der Waals surface area contributed by atoms with Crippen molar-refractivity contribution in [2.75, 3.05) is 0 Å². The Balaban J connectivity index is 3.31. The minimum absolute atomic E-state index is 0.00435. The van der Waals surface area contributed by atoms with Crippen LogP contribution in [0.3, 0.4) is 0 Å². The molecule has 0 spiro atoms. The molecular weight excluding hydrogens is 200 g/mol. The van der Waals surface area contributed by atoms with Gasteiger partial charge in [0.2, 0.25) is 0 Å². The van der Waals surface area contributed by atoms with Crippen molar-refractivity contribution in [1.82, 2.24) is 0 Å². The highest BCUT2D eigenvalue weighted by Crippen LogP contribution is 2.22. The first-order chi connectivity index (χ1) is 7.60. The van der Waals surface area contributed by atoms with Gasteiger partial charge in [-0.1, -0.05) is 24.8 Å². The van der Waals surface area contributed by atoms with E-state index < -0.39 is 0 Å². The summed E-state index contributed by atoms with van der Waals surface area (Å²) in [6, 6.07) is 5.34. The maximum atomic E-state index is 9.76. The molecule has 16 heavy (non-hydrogen) atoms. The van der Waals surface area contributed by atoms with Crippen LogP contribution in [0.15, 0.2) is 43.5 Å². The lowest BCUT2D eigenvalue weighted by molar-refractivity contribution is 0.508. The van der Waals surface area contributed by atoms with Crippen molar-refractivity contribution in [3.8, 4) is 0 Å². The van der Waals surface area contributed by atoms with Crippen molar-refractivity contribution in [2.45, 2.75) is 13.3 Å².